The Morgan fingerprint density at radius 1 is 1.04 bits per heavy atom. The van der Waals surface area contributed by atoms with Crippen LogP contribution in [-0.2, 0) is 13.6 Å². The number of hydrogen-bond acceptors (Lipinski definition) is 3. The lowest BCUT2D eigenvalue weighted by molar-refractivity contribution is 0.353. The number of nitrogens with one attached hydrogen (secondary N) is 2. The van der Waals surface area contributed by atoms with Gasteiger partial charge in [-0.2, -0.15) is 0 Å². The average Bonchev–Trinajstić information content (AvgIpc) is 2.97. The molecule has 0 amide bonds. The molecule has 2 aliphatic rings. The summed E-state index contributed by atoms with van der Waals surface area (Å²) in [5, 5.41) is 15.7. The molecule has 0 unspecified atom stereocenters. The summed E-state index contributed by atoms with van der Waals surface area (Å²) < 4.78 is 2.02. The molecule has 148 valence electrons. The Bertz CT molecular complexity index is 558. The quantitative estimate of drug-likeness (QED) is 0.388. The molecule has 2 fully saturated rings. The summed E-state index contributed by atoms with van der Waals surface area (Å²) in [6, 6.07) is 0.563. The minimum absolute atomic E-state index is 0. The van der Waals surface area contributed by atoms with E-state index in [9.17, 15) is 0 Å². The van der Waals surface area contributed by atoms with E-state index in [0.717, 1.165) is 30.1 Å². The predicted molar refractivity (Wildman–Crippen MR) is 117 cm³/mol. The van der Waals surface area contributed by atoms with Crippen molar-refractivity contribution in [3.05, 3.63) is 11.6 Å². The molecule has 2 N–H and O–H groups in total. The van der Waals surface area contributed by atoms with Crippen molar-refractivity contribution >= 4 is 29.9 Å². The standard InChI is InChI=1S/C19H34N6.HI/c1-15-23-24-18(25(15)2)14-21-19(22-17-11-7-4-8-12-17)20-13-16-9-5-3-6-10-16;/h16-17H,3-14H2,1-2H3,(H2,20,21,22);1H. The molecule has 2 aliphatic carbocycles. The van der Waals surface area contributed by atoms with Gasteiger partial charge in [-0.15, -0.1) is 34.2 Å². The lowest BCUT2D eigenvalue weighted by Gasteiger charge is -2.27. The molecule has 0 aliphatic heterocycles. The van der Waals surface area contributed by atoms with E-state index in [1.54, 1.807) is 0 Å². The summed E-state index contributed by atoms with van der Waals surface area (Å²) in [6.45, 7) is 3.59. The lowest BCUT2D eigenvalue weighted by atomic mass is 9.89. The molecule has 26 heavy (non-hydrogen) atoms. The van der Waals surface area contributed by atoms with Crippen LogP contribution in [0.15, 0.2) is 4.99 Å². The highest BCUT2D eigenvalue weighted by Gasteiger charge is 2.17. The van der Waals surface area contributed by atoms with Gasteiger partial charge in [0.2, 0.25) is 0 Å². The van der Waals surface area contributed by atoms with Gasteiger partial charge in [0.15, 0.2) is 11.8 Å². The number of nitrogens with zero attached hydrogens (tertiary/aromatic N) is 4. The molecule has 0 saturated heterocycles. The molecule has 2 saturated carbocycles. The SMILES string of the molecule is Cc1nnc(CN=C(NCC2CCCCC2)NC2CCCCC2)n1C.I. The largest absolute Gasteiger partial charge is 0.356 e. The zero-order valence-corrected chi connectivity index (χ0v) is 18.7. The second-order valence-corrected chi connectivity index (χ2v) is 7.75. The van der Waals surface area contributed by atoms with E-state index in [1.165, 1.54) is 64.2 Å². The minimum atomic E-state index is 0. The van der Waals surface area contributed by atoms with Crippen LogP contribution in [0.2, 0.25) is 0 Å². The zero-order chi connectivity index (χ0) is 17.5. The summed E-state index contributed by atoms with van der Waals surface area (Å²) in [4.78, 5) is 4.82. The molecule has 0 aromatic carbocycles. The third kappa shape index (κ3) is 6.39. The van der Waals surface area contributed by atoms with E-state index >= 15 is 0 Å². The monoisotopic (exact) mass is 474 g/mol. The van der Waals surface area contributed by atoms with Crippen molar-refractivity contribution in [3.8, 4) is 0 Å². The van der Waals surface area contributed by atoms with Crippen molar-refractivity contribution in [2.45, 2.75) is 83.7 Å². The summed E-state index contributed by atoms with van der Waals surface area (Å²) in [5.41, 5.74) is 0. The van der Waals surface area contributed by atoms with E-state index in [1.807, 2.05) is 18.5 Å². The Balaban J connectivity index is 0.00000243. The first-order chi connectivity index (χ1) is 12.2. The van der Waals surface area contributed by atoms with Crippen molar-refractivity contribution in [3.63, 3.8) is 0 Å². The first-order valence-electron chi connectivity index (χ1n) is 10.1. The highest BCUT2D eigenvalue weighted by Crippen LogP contribution is 2.23. The van der Waals surface area contributed by atoms with Crippen molar-refractivity contribution in [1.29, 1.82) is 0 Å². The molecule has 0 spiro atoms. The summed E-state index contributed by atoms with van der Waals surface area (Å²) in [7, 11) is 2.00. The van der Waals surface area contributed by atoms with Crippen LogP contribution in [0, 0.1) is 12.8 Å². The van der Waals surface area contributed by atoms with Crippen LogP contribution in [0.3, 0.4) is 0 Å². The fourth-order valence-electron chi connectivity index (χ4n) is 3.96. The van der Waals surface area contributed by atoms with Gasteiger partial charge in [-0.05, 0) is 38.5 Å². The van der Waals surface area contributed by atoms with Gasteiger partial charge in [0.1, 0.15) is 12.4 Å². The van der Waals surface area contributed by atoms with Crippen LogP contribution in [0.1, 0.15) is 75.9 Å². The third-order valence-electron chi connectivity index (χ3n) is 5.79. The van der Waals surface area contributed by atoms with Gasteiger partial charge in [-0.1, -0.05) is 38.5 Å². The van der Waals surface area contributed by atoms with E-state index < -0.39 is 0 Å². The highest BCUT2D eigenvalue weighted by atomic mass is 127. The van der Waals surface area contributed by atoms with Crippen LogP contribution < -0.4 is 10.6 Å². The molecule has 7 heteroatoms. The Kier molecular flexibility index (Phi) is 9.15. The molecule has 0 atom stereocenters. The van der Waals surface area contributed by atoms with Crippen molar-refractivity contribution in [2.24, 2.45) is 18.0 Å². The highest BCUT2D eigenvalue weighted by molar-refractivity contribution is 14.0. The molecule has 1 aromatic heterocycles. The molecule has 6 nitrogen and oxygen atoms in total. The maximum absolute atomic E-state index is 4.82. The van der Waals surface area contributed by atoms with E-state index in [-0.39, 0.29) is 24.0 Å². The number of guanidine groups is 1. The van der Waals surface area contributed by atoms with Crippen LogP contribution in [0.4, 0.5) is 0 Å². The van der Waals surface area contributed by atoms with Gasteiger partial charge in [0.05, 0.1) is 0 Å². The van der Waals surface area contributed by atoms with Gasteiger partial charge >= 0.3 is 0 Å². The molecule has 0 radical (unpaired) electrons. The van der Waals surface area contributed by atoms with E-state index in [4.69, 9.17) is 4.99 Å². The second kappa shape index (κ2) is 11.1. The normalized spacial score (nSPS) is 19.8. The number of rotatable bonds is 5. The number of aliphatic imine (C=N–C) groups is 1. The first kappa shape index (κ1) is 21.4. The Labute approximate surface area is 175 Å². The maximum atomic E-state index is 4.82. The fourth-order valence-corrected chi connectivity index (χ4v) is 3.96. The van der Waals surface area contributed by atoms with Crippen LogP contribution in [0.25, 0.3) is 0 Å². The average molecular weight is 474 g/mol. The third-order valence-corrected chi connectivity index (χ3v) is 5.79. The molecule has 0 bridgehead atoms. The fraction of sp³-hybridized carbons (Fsp3) is 0.842. The molecular formula is C19H35IN6. The van der Waals surface area contributed by atoms with Crippen molar-refractivity contribution < 1.29 is 0 Å². The first-order valence-corrected chi connectivity index (χ1v) is 10.1. The lowest BCUT2D eigenvalue weighted by Crippen LogP contribution is -2.45. The molecule has 1 aromatic rings. The Hall–Kier alpha value is -0.860. The van der Waals surface area contributed by atoms with Gasteiger partial charge < -0.3 is 15.2 Å². The molecular weight excluding hydrogens is 439 g/mol. The van der Waals surface area contributed by atoms with E-state index in [0.29, 0.717) is 12.6 Å². The van der Waals surface area contributed by atoms with Gasteiger partial charge in [-0.25, -0.2) is 4.99 Å². The van der Waals surface area contributed by atoms with Gasteiger partial charge in [-0.3, -0.25) is 0 Å². The minimum Gasteiger partial charge on any atom is -0.356 e. The maximum Gasteiger partial charge on any atom is 0.191 e. The topological polar surface area (TPSA) is 67.1 Å². The van der Waals surface area contributed by atoms with Gasteiger partial charge in [0.25, 0.3) is 0 Å². The van der Waals surface area contributed by atoms with Crippen LogP contribution in [0.5, 0.6) is 0 Å². The summed E-state index contributed by atoms with van der Waals surface area (Å²) >= 11 is 0. The second-order valence-electron chi connectivity index (χ2n) is 7.75. The summed E-state index contributed by atoms with van der Waals surface area (Å²) in [6.07, 6.45) is 13.4. The number of aryl methyl sites for hydroxylation is 1. The molecule has 1 heterocycles. The van der Waals surface area contributed by atoms with Crippen LogP contribution >= 0.6 is 24.0 Å². The van der Waals surface area contributed by atoms with Crippen molar-refractivity contribution in [2.75, 3.05) is 6.54 Å². The Morgan fingerprint density at radius 2 is 1.69 bits per heavy atom. The number of halogens is 1. The Morgan fingerprint density at radius 3 is 2.31 bits per heavy atom. The number of hydrogen-bond donors (Lipinski definition) is 2. The smallest absolute Gasteiger partial charge is 0.191 e. The molecule has 3 rings (SSSR count). The summed E-state index contributed by atoms with van der Waals surface area (Å²) in [5.74, 6) is 3.60. The number of aromatic nitrogens is 3. The zero-order valence-electron chi connectivity index (χ0n) is 16.3. The van der Waals surface area contributed by atoms with E-state index in [2.05, 4.69) is 20.8 Å². The van der Waals surface area contributed by atoms with Gasteiger partial charge in [0, 0.05) is 19.6 Å². The predicted octanol–water partition coefficient (Wildman–Crippen LogP) is 3.69. The van der Waals surface area contributed by atoms with Crippen LogP contribution in [-0.4, -0.2) is 33.3 Å². The van der Waals surface area contributed by atoms with Crippen molar-refractivity contribution in [1.82, 2.24) is 25.4 Å².